The first-order valence-electron chi connectivity index (χ1n) is 17.5. The molecule has 0 bridgehead atoms. The molecule has 6 nitrogen and oxygen atoms in total. The van der Waals surface area contributed by atoms with E-state index in [1.807, 2.05) is 43.3 Å². The van der Waals surface area contributed by atoms with Gasteiger partial charge >= 0.3 is 5.97 Å². The third-order valence-electron chi connectivity index (χ3n) is 10.5. The Hall–Kier alpha value is -1.72. The van der Waals surface area contributed by atoms with E-state index in [1.165, 1.54) is 0 Å². The molecule has 0 spiro atoms. The highest BCUT2D eigenvalue weighted by Gasteiger charge is 2.44. The normalized spacial score (nSPS) is 17.5. The number of hydrogen-bond donors (Lipinski definition) is 0. The molecule has 0 fully saturated rings. The summed E-state index contributed by atoms with van der Waals surface area (Å²) in [5.41, 5.74) is 1.11. The van der Waals surface area contributed by atoms with E-state index in [9.17, 15) is 4.79 Å². The highest BCUT2D eigenvalue weighted by molar-refractivity contribution is 6.74. The van der Waals surface area contributed by atoms with Crippen LogP contribution in [0.4, 0.5) is 0 Å². The van der Waals surface area contributed by atoms with Crippen molar-refractivity contribution >= 4 is 22.6 Å². The van der Waals surface area contributed by atoms with E-state index in [1.54, 1.807) is 7.11 Å². The van der Waals surface area contributed by atoms with E-state index in [-0.39, 0.29) is 52.1 Å². The quantitative estimate of drug-likeness (QED) is 0.0771. The van der Waals surface area contributed by atoms with E-state index < -0.39 is 22.6 Å². The Morgan fingerprint density at radius 3 is 1.83 bits per heavy atom. The Morgan fingerprint density at radius 2 is 1.36 bits per heavy atom. The number of carbonyl (C=O) groups excluding carboxylic acids is 1. The molecule has 0 heterocycles. The molecular formula is C39H70O6Si2. The first-order chi connectivity index (χ1) is 21.5. The molecule has 0 saturated carbocycles. The molecule has 0 saturated heterocycles. The molecule has 0 aliphatic heterocycles. The number of esters is 1. The average molecular weight is 691 g/mol. The van der Waals surface area contributed by atoms with Gasteiger partial charge in [-0.25, -0.2) is 0 Å². The molecule has 1 rings (SSSR count). The van der Waals surface area contributed by atoms with Crippen molar-refractivity contribution in [1.82, 2.24) is 0 Å². The minimum absolute atomic E-state index is 0.00355. The number of carbonyl (C=O) groups is 1. The summed E-state index contributed by atoms with van der Waals surface area (Å²) >= 11 is 0. The van der Waals surface area contributed by atoms with Crippen molar-refractivity contribution < 1.29 is 27.9 Å². The van der Waals surface area contributed by atoms with Crippen LogP contribution >= 0.6 is 0 Å². The van der Waals surface area contributed by atoms with Gasteiger partial charge in [-0.3, -0.25) is 4.79 Å². The van der Waals surface area contributed by atoms with Gasteiger partial charge in [-0.1, -0.05) is 86.6 Å². The van der Waals surface area contributed by atoms with Crippen molar-refractivity contribution in [2.75, 3.05) is 13.7 Å². The minimum atomic E-state index is -2.23. The van der Waals surface area contributed by atoms with Crippen LogP contribution in [0.5, 0.6) is 5.75 Å². The molecule has 7 atom stereocenters. The molecule has 270 valence electrons. The lowest BCUT2D eigenvalue weighted by atomic mass is 9.86. The summed E-state index contributed by atoms with van der Waals surface area (Å²) < 4.78 is 31.5. The van der Waals surface area contributed by atoms with Gasteiger partial charge in [0.25, 0.3) is 0 Å². The minimum Gasteiger partial charge on any atom is -0.497 e. The van der Waals surface area contributed by atoms with Crippen LogP contribution in [0.15, 0.2) is 49.6 Å². The average Bonchev–Trinajstić information content (AvgIpc) is 2.96. The Labute approximate surface area is 291 Å². The van der Waals surface area contributed by atoms with E-state index in [2.05, 4.69) is 102 Å². The number of methoxy groups -OCH3 is 1. The maximum absolute atomic E-state index is 14.0. The summed E-state index contributed by atoms with van der Waals surface area (Å²) in [6, 6.07) is 7.93. The van der Waals surface area contributed by atoms with Gasteiger partial charge in [-0.05, 0) is 79.1 Å². The fraction of sp³-hybridized carbons (Fsp3) is 0.718. The summed E-state index contributed by atoms with van der Waals surface area (Å²) in [4.78, 5) is 14.0. The summed E-state index contributed by atoms with van der Waals surface area (Å²) in [5.74, 6) is 0.510. The van der Waals surface area contributed by atoms with Crippen molar-refractivity contribution in [2.45, 2.75) is 143 Å². The second-order valence-electron chi connectivity index (χ2n) is 16.8. The van der Waals surface area contributed by atoms with Gasteiger partial charge in [-0.2, -0.15) is 0 Å². The fourth-order valence-corrected chi connectivity index (χ4v) is 7.81. The Kier molecular flexibility index (Phi) is 16.9. The highest BCUT2D eigenvalue weighted by Crippen LogP contribution is 2.41. The predicted octanol–water partition coefficient (Wildman–Crippen LogP) is 10.6. The van der Waals surface area contributed by atoms with Gasteiger partial charge in [0.2, 0.25) is 0 Å². The molecule has 0 aliphatic carbocycles. The maximum atomic E-state index is 14.0. The van der Waals surface area contributed by atoms with Crippen LogP contribution in [0, 0.1) is 23.7 Å². The topological polar surface area (TPSA) is 63.2 Å². The van der Waals surface area contributed by atoms with Crippen LogP contribution in [-0.2, 0) is 29.7 Å². The first-order valence-corrected chi connectivity index (χ1v) is 23.3. The fourth-order valence-electron chi connectivity index (χ4n) is 5.09. The van der Waals surface area contributed by atoms with E-state index in [4.69, 9.17) is 23.1 Å². The largest absolute Gasteiger partial charge is 0.497 e. The van der Waals surface area contributed by atoms with Gasteiger partial charge in [0, 0.05) is 18.9 Å². The lowest BCUT2D eigenvalue weighted by Crippen LogP contribution is -2.49. The van der Waals surface area contributed by atoms with Crippen LogP contribution in [0.25, 0.3) is 0 Å². The Morgan fingerprint density at radius 1 is 0.830 bits per heavy atom. The van der Waals surface area contributed by atoms with Crippen LogP contribution in [0.3, 0.4) is 0 Å². The molecule has 47 heavy (non-hydrogen) atoms. The maximum Gasteiger partial charge on any atom is 0.311 e. The smallest absolute Gasteiger partial charge is 0.311 e. The number of hydrogen-bond acceptors (Lipinski definition) is 6. The zero-order valence-corrected chi connectivity index (χ0v) is 34.7. The molecular weight excluding hydrogens is 621 g/mol. The third-order valence-corrected chi connectivity index (χ3v) is 19.5. The van der Waals surface area contributed by atoms with Crippen LogP contribution < -0.4 is 4.74 Å². The Balaban J connectivity index is 3.10. The highest BCUT2D eigenvalue weighted by atomic mass is 28.4. The Bertz CT molecular complexity index is 1100. The standard InChI is InChI=1S/C39H70O6Si2/c1-18-29(4)36(30(5)24-28(3)26-42-27-32-20-22-34(41-13)23-21-32)43-37(40)31(6)35(45-47(16,17)39(10,11)12)25-33(19-2)44-46(14,15)38(7,8)9/h18-23,28-31,33,35-36H,1-2,24-27H2,3-17H3/t28-,29+,30+,31+,33-,35+,36+/m1/s1. The van der Waals surface area contributed by atoms with Gasteiger partial charge in [-0.15, -0.1) is 13.2 Å². The lowest BCUT2D eigenvalue weighted by molar-refractivity contribution is -0.162. The van der Waals surface area contributed by atoms with E-state index >= 15 is 0 Å². The SMILES string of the molecule is C=C[C@H](C[C@H](O[Si](C)(C)C(C)(C)C)[C@H](C)C(=O)O[C@@H]([C@@H](C)C=C)[C@@H](C)C[C@@H](C)COCc1ccc(OC)cc1)O[Si](C)(C)C(C)(C)C. The van der Waals surface area contributed by atoms with Gasteiger partial charge in [0.15, 0.2) is 16.6 Å². The second kappa shape index (κ2) is 18.3. The molecule has 0 aliphatic rings. The third kappa shape index (κ3) is 13.6. The summed E-state index contributed by atoms with van der Waals surface area (Å²) in [7, 11) is -2.64. The molecule has 0 N–H and O–H groups in total. The molecule has 1 aromatic carbocycles. The second-order valence-corrected chi connectivity index (χ2v) is 26.3. The monoisotopic (exact) mass is 690 g/mol. The molecule has 0 unspecified atom stereocenters. The van der Waals surface area contributed by atoms with Crippen LogP contribution in [0.2, 0.25) is 36.3 Å². The number of ether oxygens (including phenoxy) is 3. The van der Waals surface area contributed by atoms with Crippen molar-refractivity contribution in [3.05, 3.63) is 55.1 Å². The summed E-state index contributed by atoms with van der Waals surface area (Å²) in [5, 5.41) is 0.0372. The zero-order chi connectivity index (χ0) is 36.4. The number of rotatable bonds is 20. The molecule has 0 aromatic heterocycles. The van der Waals surface area contributed by atoms with Crippen molar-refractivity contribution in [1.29, 1.82) is 0 Å². The van der Waals surface area contributed by atoms with Gasteiger partial charge in [0.1, 0.15) is 11.9 Å². The van der Waals surface area contributed by atoms with E-state index in [0.717, 1.165) is 17.7 Å². The molecule has 0 amide bonds. The van der Waals surface area contributed by atoms with E-state index in [0.29, 0.717) is 19.6 Å². The molecule has 1 aromatic rings. The molecule has 0 radical (unpaired) electrons. The van der Waals surface area contributed by atoms with Crippen LogP contribution in [0.1, 0.15) is 87.6 Å². The lowest BCUT2D eigenvalue weighted by Gasteiger charge is -2.43. The predicted molar refractivity (Wildman–Crippen MR) is 203 cm³/mol. The van der Waals surface area contributed by atoms with Crippen molar-refractivity contribution in [2.24, 2.45) is 23.7 Å². The van der Waals surface area contributed by atoms with Gasteiger partial charge < -0.3 is 23.1 Å². The zero-order valence-electron chi connectivity index (χ0n) is 32.7. The summed E-state index contributed by atoms with van der Waals surface area (Å²) in [6.45, 7) is 40.0. The van der Waals surface area contributed by atoms with Gasteiger partial charge in [0.05, 0.1) is 31.8 Å². The number of benzene rings is 1. The van der Waals surface area contributed by atoms with Crippen molar-refractivity contribution in [3.8, 4) is 5.75 Å². The van der Waals surface area contributed by atoms with Crippen LogP contribution in [-0.4, -0.2) is 54.6 Å². The molecule has 8 heteroatoms. The van der Waals surface area contributed by atoms with Crippen molar-refractivity contribution in [3.63, 3.8) is 0 Å². The first kappa shape index (κ1) is 43.3. The summed E-state index contributed by atoms with van der Waals surface area (Å²) in [6.07, 6.45) is 4.28.